The molecule has 6 heteroatoms. The molecule has 2 aliphatic carbocycles. The molecular formula is C18H27N3O3. The Morgan fingerprint density at radius 2 is 1.92 bits per heavy atom. The van der Waals surface area contributed by atoms with Gasteiger partial charge in [0.25, 0.3) is 5.91 Å². The predicted molar refractivity (Wildman–Crippen MR) is 88.8 cm³/mol. The fraction of sp³-hybridized carbons (Fsp3) is 0.778. The summed E-state index contributed by atoms with van der Waals surface area (Å²) in [6.45, 7) is 1.89. The Labute approximate surface area is 142 Å². The second-order valence-corrected chi connectivity index (χ2v) is 7.59. The van der Waals surface area contributed by atoms with Crippen LogP contribution in [0, 0.1) is 0 Å². The first-order chi connectivity index (χ1) is 11.7. The van der Waals surface area contributed by atoms with Crippen molar-refractivity contribution in [2.24, 2.45) is 0 Å². The molecule has 1 aromatic rings. The average Bonchev–Trinajstić information content (AvgIpc) is 3.33. The van der Waals surface area contributed by atoms with E-state index in [1.807, 2.05) is 0 Å². The number of aliphatic hydroxyl groups is 1. The van der Waals surface area contributed by atoms with Crippen LogP contribution in [0.1, 0.15) is 73.5 Å². The van der Waals surface area contributed by atoms with Crippen molar-refractivity contribution in [1.82, 2.24) is 15.4 Å². The minimum absolute atomic E-state index is 0.123. The number of rotatable bonds is 4. The average molecular weight is 333 g/mol. The van der Waals surface area contributed by atoms with Crippen LogP contribution >= 0.6 is 0 Å². The third-order valence-corrected chi connectivity index (χ3v) is 5.77. The monoisotopic (exact) mass is 333 g/mol. The van der Waals surface area contributed by atoms with Crippen molar-refractivity contribution in [2.75, 3.05) is 13.1 Å². The lowest BCUT2D eigenvalue weighted by molar-refractivity contribution is 0.00725. The number of piperidine rings is 1. The number of hydrogen-bond donors (Lipinski definition) is 2. The topological polar surface area (TPSA) is 78.6 Å². The number of likely N-dealkylation sites (tertiary alicyclic amines) is 1. The minimum Gasteiger partial charge on any atom is -0.391 e. The molecule has 0 radical (unpaired) electrons. The van der Waals surface area contributed by atoms with Crippen LogP contribution in [0.5, 0.6) is 0 Å². The largest absolute Gasteiger partial charge is 0.391 e. The first-order valence-corrected chi connectivity index (χ1v) is 9.40. The lowest BCUT2D eigenvalue weighted by Crippen LogP contribution is -2.52. The summed E-state index contributed by atoms with van der Waals surface area (Å²) >= 11 is 0. The van der Waals surface area contributed by atoms with Crippen molar-refractivity contribution in [3.63, 3.8) is 0 Å². The molecule has 2 heterocycles. The van der Waals surface area contributed by atoms with Crippen molar-refractivity contribution < 1.29 is 14.4 Å². The maximum Gasteiger partial charge on any atom is 0.273 e. The number of amides is 1. The van der Waals surface area contributed by atoms with Crippen LogP contribution in [-0.4, -0.2) is 52.3 Å². The molecule has 2 N–H and O–H groups in total. The zero-order chi connectivity index (χ0) is 16.5. The van der Waals surface area contributed by atoms with Gasteiger partial charge in [-0.25, -0.2) is 0 Å². The SMILES string of the molecule is O=C(NC1CCN([C@H]2CCCC[C@H]2O)CC1)c1cc(C2CC2)on1. The zero-order valence-corrected chi connectivity index (χ0v) is 14.1. The summed E-state index contributed by atoms with van der Waals surface area (Å²) in [6, 6.07) is 2.29. The Morgan fingerprint density at radius 3 is 2.62 bits per heavy atom. The summed E-state index contributed by atoms with van der Waals surface area (Å²) in [5, 5.41) is 17.2. The van der Waals surface area contributed by atoms with Gasteiger partial charge in [0.1, 0.15) is 5.76 Å². The molecule has 4 rings (SSSR count). The van der Waals surface area contributed by atoms with E-state index in [0.717, 1.165) is 63.8 Å². The maximum absolute atomic E-state index is 12.3. The summed E-state index contributed by atoms with van der Waals surface area (Å²) in [7, 11) is 0. The van der Waals surface area contributed by atoms with Crippen molar-refractivity contribution in [3.05, 3.63) is 17.5 Å². The highest BCUT2D eigenvalue weighted by atomic mass is 16.5. The van der Waals surface area contributed by atoms with Gasteiger partial charge >= 0.3 is 0 Å². The number of carbonyl (C=O) groups is 1. The summed E-state index contributed by atoms with van der Waals surface area (Å²) in [5.74, 6) is 1.20. The molecule has 1 aliphatic heterocycles. The molecule has 6 nitrogen and oxygen atoms in total. The van der Waals surface area contributed by atoms with Gasteiger partial charge in [0, 0.05) is 37.2 Å². The van der Waals surface area contributed by atoms with Gasteiger partial charge in [0.05, 0.1) is 6.10 Å². The molecule has 0 aromatic carbocycles. The number of carbonyl (C=O) groups excluding carboxylic acids is 1. The van der Waals surface area contributed by atoms with Gasteiger partial charge in [-0.15, -0.1) is 0 Å². The van der Waals surface area contributed by atoms with E-state index in [1.54, 1.807) is 6.07 Å². The quantitative estimate of drug-likeness (QED) is 0.882. The Bertz CT molecular complexity index is 576. The fourth-order valence-corrected chi connectivity index (χ4v) is 4.11. The van der Waals surface area contributed by atoms with Crippen LogP contribution in [0.3, 0.4) is 0 Å². The van der Waals surface area contributed by atoms with Gasteiger partial charge in [0.15, 0.2) is 5.69 Å². The Morgan fingerprint density at radius 1 is 1.17 bits per heavy atom. The molecule has 24 heavy (non-hydrogen) atoms. The highest BCUT2D eigenvalue weighted by Crippen LogP contribution is 2.40. The lowest BCUT2D eigenvalue weighted by atomic mass is 9.89. The van der Waals surface area contributed by atoms with Crippen LogP contribution in [0.4, 0.5) is 0 Å². The number of aliphatic hydroxyl groups excluding tert-OH is 1. The van der Waals surface area contributed by atoms with E-state index in [0.29, 0.717) is 17.7 Å². The molecule has 132 valence electrons. The van der Waals surface area contributed by atoms with E-state index in [4.69, 9.17) is 4.52 Å². The first-order valence-electron chi connectivity index (χ1n) is 9.40. The van der Waals surface area contributed by atoms with Gasteiger partial charge in [-0.2, -0.15) is 0 Å². The molecule has 1 aromatic heterocycles. The Kier molecular flexibility index (Phi) is 4.59. The van der Waals surface area contributed by atoms with Gasteiger partial charge in [-0.1, -0.05) is 18.0 Å². The normalized spacial score (nSPS) is 29.5. The summed E-state index contributed by atoms with van der Waals surface area (Å²) < 4.78 is 5.26. The van der Waals surface area contributed by atoms with E-state index in [-0.39, 0.29) is 18.1 Å². The van der Waals surface area contributed by atoms with Crippen molar-refractivity contribution in [2.45, 2.75) is 75.5 Å². The summed E-state index contributed by atoms with van der Waals surface area (Å²) in [5.41, 5.74) is 0.405. The zero-order valence-electron chi connectivity index (χ0n) is 14.1. The van der Waals surface area contributed by atoms with Crippen LogP contribution in [0.2, 0.25) is 0 Å². The molecule has 2 saturated carbocycles. The standard InChI is InChI=1S/C18H27N3O3/c22-16-4-2-1-3-15(16)21-9-7-13(8-10-21)19-18(23)14-11-17(24-20-14)12-5-6-12/h11-13,15-16,22H,1-10H2,(H,19,23)/t15-,16+/m0/s1. The fourth-order valence-electron chi connectivity index (χ4n) is 4.11. The minimum atomic E-state index is -0.180. The number of hydrogen-bond acceptors (Lipinski definition) is 5. The van der Waals surface area contributed by atoms with E-state index >= 15 is 0 Å². The third kappa shape index (κ3) is 3.49. The third-order valence-electron chi connectivity index (χ3n) is 5.77. The van der Waals surface area contributed by atoms with Crippen molar-refractivity contribution in [1.29, 1.82) is 0 Å². The van der Waals surface area contributed by atoms with E-state index in [2.05, 4.69) is 15.4 Å². The Balaban J connectivity index is 1.27. The lowest BCUT2D eigenvalue weighted by Gasteiger charge is -2.41. The number of aromatic nitrogens is 1. The van der Waals surface area contributed by atoms with Crippen LogP contribution in [-0.2, 0) is 0 Å². The van der Waals surface area contributed by atoms with Crippen LogP contribution < -0.4 is 5.32 Å². The second-order valence-electron chi connectivity index (χ2n) is 7.59. The van der Waals surface area contributed by atoms with E-state index < -0.39 is 0 Å². The molecular weight excluding hydrogens is 306 g/mol. The molecule has 0 spiro atoms. The Hall–Kier alpha value is -1.40. The van der Waals surface area contributed by atoms with Gasteiger partial charge in [-0.3, -0.25) is 9.69 Å². The smallest absolute Gasteiger partial charge is 0.273 e. The first kappa shape index (κ1) is 16.1. The molecule has 3 aliphatic rings. The molecule has 0 bridgehead atoms. The molecule has 1 saturated heterocycles. The maximum atomic E-state index is 12.3. The van der Waals surface area contributed by atoms with Gasteiger partial charge in [0.2, 0.25) is 0 Å². The van der Waals surface area contributed by atoms with Gasteiger partial charge in [-0.05, 0) is 38.5 Å². The molecule has 1 amide bonds. The van der Waals surface area contributed by atoms with Crippen molar-refractivity contribution in [3.8, 4) is 0 Å². The van der Waals surface area contributed by atoms with E-state index in [1.165, 1.54) is 6.42 Å². The van der Waals surface area contributed by atoms with Crippen LogP contribution in [0.15, 0.2) is 10.6 Å². The highest BCUT2D eigenvalue weighted by molar-refractivity contribution is 5.92. The summed E-state index contributed by atoms with van der Waals surface area (Å²) in [4.78, 5) is 14.7. The molecule has 2 atom stereocenters. The molecule has 0 unspecified atom stereocenters. The highest BCUT2D eigenvalue weighted by Gasteiger charge is 2.32. The van der Waals surface area contributed by atoms with Crippen LogP contribution in [0.25, 0.3) is 0 Å². The van der Waals surface area contributed by atoms with Gasteiger partial charge < -0.3 is 14.9 Å². The molecule has 3 fully saturated rings. The van der Waals surface area contributed by atoms with E-state index in [9.17, 15) is 9.90 Å². The number of nitrogens with zero attached hydrogens (tertiary/aromatic N) is 2. The number of nitrogens with one attached hydrogen (secondary N) is 1. The predicted octanol–water partition coefficient (Wildman–Crippen LogP) is 2.05. The summed E-state index contributed by atoms with van der Waals surface area (Å²) in [6.07, 6.45) is 8.35. The van der Waals surface area contributed by atoms with Crippen molar-refractivity contribution >= 4 is 5.91 Å². The second kappa shape index (κ2) is 6.84.